The number of nitro groups is 2. The maximum absolute atomic E-state index is 11.0. The van der Waals surface area contributed by atoms with Gasteiger partial charge in [0.15, 0.2) is 0 Å². The number of rotatable bonds is 6. The lowest BCUT2D eigenvalue weighted by molar-refractivity contribution is -0.386. The fraction of sp³-hybridized carbons (Fsp3) is 0.538. The fourth-order valence-electron chi connectivity index (χ4n) is 2.71. The molecular weight excluding hydrogens is 304 g/mol. The highest BCUT2D eigenvalue weighted by atomic mass is 16.6. The van der Waals surface area contributed by atoms with Gasteiger partial charge in [0.05, 0.1) is 9.85 Å². The van der Waals surface area contributed by atoms with Crippen LogP contribution in [0.25, 0.3) is 0 Å². The van der Waals surface area contributed by atoms with Crippen LogP contribution >= 0.6 is 0 Å². The molecule has 0 spiro atoms. The first-order chi connectivity index (χ1) is 10.7. The fourth-order valence-corrected chi connectivity index (χ4v) is 2.71. The van der Waals surface area contributed by atoms with Gasteiger partial charge in [0.2, 0.25) is 0 Å². The second-order valence-corrected chi connectivity index (χ2v) is 5.35. The maximum Gasteiger partial charge on any atom is 0.312 e. The van der Waals surface area contributed by atoms with E-state index in [1.165, 1.54) is 0 Å². The smallest absolute Gasteiger partial charge is 0.262 e. The van der Waals surface area contributed by atoms with Gasteiger partial charge in [0, 0.05) is 13.1 Å². The molecule has 2 aromatic heterocycles. The summed E-state index contributed by atoms with van der Waals surface area (Å²) in [4.78, 5) is 21.1. The van der Waals surface area contributed by atoms with Crippen LogP contribution in [-0.4, -0.2) is 29.4 Å². The van der Waals surface area contributed by atoms with Crippen LogP contribution in [0.3, 0.4) is 0 Å². The molecule has 0 fully saturated rings. The van der Waals surface area contributed by atoms with Gasteiger partial charge in [0.1, 0.15) is 22.8 Å². The summed E-state index contributed by atoms with van der Waals surface area (Å²) < 4.78 is 3.18. The highest BCUT2D eigenvalue weighted by Gasteiger charge is 2.23. The van der Waals surface area contributed by atoms with E-state index in [4.69, 9.17) is 0 Å². The van der Waals surface area contributed by atoms with Crippen molar-refractivity contribution in [3.63, 3.8) is 0 Å². The Labute approximate surface area is 132 Å². The molecule has 124 valence electrons. The molecule has 10 nitrogen and oxygen atoms in total. The molecule has 0 unspecified atom stereocenters. The first kappa shape index (κ1) is 16.6. The predicted octanol–water partition coefficient (Wildman–Crippen LogP) is 2.22. The third-order valence-electron chi connectivity index (χ3n) is 3.79. The average molecular weight is 322 g/mol. The molecule has 0 radical (unpaired) electrons. The zero-order valence-electron chi connectivity index (χ0n) is 13.4. The van der Waals surface area contributed by atoms with Crippen molar-refractivity contribution >= 4 is 11.4 Å². The Morgan fingerprint density at radius 3 is 1.43 bits per heavy atom. The normalized spacial score (nSPS) is 11.0. The van der Waals surface area contributed by atoms with Crippen LogP contribution in [0.15, 0.2) is 0 Å². The molecule has 2 heterocycles. The molecule has 0 aromatic carbocycles. The van der Waals surface area contributed by atoms with Crippen LogP contribution in [0.5, 0.6) is 0 Å². The van der Waals surface area contributed by atoms with E-state index in [1.807, 2.05) is 0 Å². The predicted molar refractivity (Wildman–Crippen MR) is 81.3 cm³/mol. The molecule has 2 aromatic rings. The van der Waals surface area contributed by atoms with Crippen LogP contribution in [0, 0.1) is 47.9 Å². The third kappa shape index (κ3) is 3.05. The second kappa shape index (κ2) is 6.15. The van der Waals surface area contributed by atoms with Crippen molar-refractivity contribution < 1.29 is 9.85 Å². The van der Waals surface area contributed by atoms with Gasteiger partial charge in [-0.05, 0) is 34.1 Å². The Kier molecular flexibility index (Phi) is 4.43. The van der Waals surface area contributed by atoms with Crippen molar-refractivity contribution in [1.82, 2.24) is 19.6 Å². The van der Waals surface area contributed by atoms with Crippen LogP contribution in [0.4, 0.5) is 11.4 Å². The largest absolute Gasteiger partial charge is 0.312 e. The van der Waals surface area contributed by atoms with Crippen molar-refractivity contribution in [3.05, 3.63) is 43.0 Å². The van der Waals surface area contributed by atoms with E-state index in [0.717, 1.165) is 0 Å². The lowest BCUT2D eigenvalue weighted by Gasteiger charge is -2.05. The van der Waals surface area contributed by atoms with E-state index in [2.05, 4.69) is 10.2 Å². The van der Waals surface area contributed by atoms with E-state index in [9.17, 15) is 20.2 Å². The van der Waals surface area contributed by atoms with Gasteiger partial charge in [-0.25, -0.2) is 0 Å². The SMILES string of the molecule is Cc1nn(CCCn2nc(C)c([N+](=O)[O-])c2C)c(C)c1[N+](=O)[O-]. The summed E-state index contributed by atoms with van der Waals surface area (Å²) >= 11 is 0. The molecule has 0 aliphatic rings. The summed E-state index contributed by atoms with van der Waals surface area (Å²) in [6.07, 6.45) is 0.609. The Morgan fingerprint density at radius 1 is 0.826 bits per heavy atom. The zero-order chi connectivity index (χ0) is 17.3. The Bertz CT molecular complexity index is 712. The van der Waals surface area contributed by atoms with Gasteiger partial charge in [-0.3, -0.25) is 29.6 Å². The third-order valence-corrected chi connectivity index (χ3v) is 3.79. The molecule has 0 bridgehead atoms. The van der Waals surface area contributed by atoms with Crippen molar-refractivity contribution in [2.75, 3.05) is 0 Å². The summed E-state index contributed by atoms with van der Waals surface area (Å²) in [5.41, 5.74) is 1.85. The van der Waals surface area contributed by atoms with Crippen LogP contribution < -0.4 is 0 Å². The van der Waals surface area contributed by atoms with E-state index < -0.39 is 9.85 Å². The molecule has 0 N–H and O–H groups in total. The minimum atomic E-state index is -0.432. The zero-order valence-corrected chi connectivity index (χ0v) is 13.4. The molecule has 0 aliphatic carbocycles. The lowest BCUT2D eigenvalue weighted by Crippen LogP contribution is -2.09. The van der Waals surface area contributed by atoms with E-state index in [1.54, 1.807) is 37.1 Å². The van der Waals surface area contributed by atoms with Gasteiger partial charge in [-0.1, -0.05) is 0 Å². The molecule has 0 saturated heterocycles. The van der Waals surface area contributed by atoms with Gasteiger partial charge in [0.25, 0.3) is 0 Å². The summed E-state index contributed by atoms with van der Waals surface area (Å²) in [6.45, 7) is 7.48. The van der Waals surface area contributed by atoms with E-state index in [-0.39, 0.29) is 11.4 Å². The summed E-state index contributed by atoms with van der Waals surface area (Å²) in [5.74, 6) is 0. The summed E-state index contributed by atoms with van der Waals surface area (Å²) in [5, 5.41) is 30.3. The number of hydrogen-bond donors (Lipinski definition) is 0. The number of hydrogen-bond acceptors (Lipinski definition) is 6. The van der Waals surface area contributed by atoms with Crippen LogP contribution in [0.1, 0.15) is 29.2 Å². The van der Waals surface area contributed by atoms with Gasteiger partial charge < -0.3 is 0 Å². The first-order valence-electron chi connectivity index (χ1n) is 7.10. The minimum Gasteiger partial charge on any atom is -0.262 e. The molecule has 0 saturated carbocycles. The highest BCUT2D eigenvalue weighted by Crippen LogP contribution is 2.23. The van der Waals surface area contributed by atoms with Crippen LogP contribution in [0.2, 0.25) is 0 Å². The molecule has 10 heteroatoms. The Hall–Kier alpha value is -2.78. The highest BCUT2D eigenvalue weighted by molar-refractivity contribution is 5.40. The Morgan fingerprint density at radius 2 is 1.17 bits per heavy atom. The summed E-state index contributed by atoms with van der Waals surface area (Å²) in [7, 11) is 0. The molecule has 0 atom stereocenters. The van der Waals surface area contributed by atoms with Crippen molar-refractivity contribution in [1.29, 1.82) is 0 Å². The minimum absolute atomic E-state index is 0.0340. The van der Waals surface area contributed by atoms with Crippen molar-refractivity contribution in [2.45, 2.75) is 47.2 Å². The summed E-state index contributed by atoms with van der Waals surface area (Å²) in [6, 6.07) is 0. The van der Waals surface area contributed by atoms with Gasteiger partial charge in [-0.2, -0.15) is 10.2 Å². The molecule has 0 aliphatic heterocycles. The number of nitrogens with zero attached hydrogens (tertiary/aromatic N) is 6. The Balaban J connectivity index is 2.10. The maximum atomic E-state index is 11.0. The van der Waals surface area contributed by atoms with Gasteiger partial charge in [-0.15, -0.1) is 0 Å². The molecule has 23 heavy (non-hydrogen) atoms. The molecular formula is C13H18N6O4. The van der Waals surface area contributed by atoms with Crippen LogP contribution in [-0.2, 0) is 13.1 Å². The lowest BCUT2D eigenvalue weighted by atomic mass is 10.3. The van der Waals surface area contributed by atoms with E-state index >= 15 is 0 Å². The monoisotopic (exact) mass is 322 g/mol. The van der Waals surface area contributed by atoms with Crippen molar-refractivity contribution in [2.24, 2.45) is 0 Å². The first-order valence-corrected chi connectivity index (χ1v) is 7.10. The topological polar surface area (TPSA) is 122 Å². The van der Waals surface area contributed by atoms with E-state index in [0.29, 0.717) is 42.3 Å². The quantitative estimate of drug-likeness (QED) is 0.593. The molecule has 2 rings (SSSR count). The number of aromatic nitrogens is 4. The standard InChI is InChI=1S/C13H18N6O4/c1-8-12(18(20)21)10(3)16(14-8)6-5-7-17-11(4)13(19(22)23)9(2)15-17/h5-7H2,1-4H3. The van der Waals surface area contributed by atoms with Crippen molar-refractivity contribution in [3.8, 4) is 0 Å². The second-order valence-electron chi connectivity index (χ2n) is 5.35. The molecule has 0 amide bonds. The number of aryl methyl sites for hydroxylation is 4. The average Bonchev–Trinajstić information content (AvgIpc) is 2.87. The van der Waals surface area contributed by atoms with Gasteiger partial charge >= 0.3 is 11.4 Å².